The zero-order valence-electron chi connectivity index (χ0n) is 9.32. The van der Waals surface area contributed by atoms with Gasteiger partial charge in [-0.15, -0.1) is 0 Å². The zero-order chi connectivity index (χ0) is 10.7. The van der Waals surface area contributed by atoms with Crippen LogP contribution in [0.4, 0.5) is 5.95 Å². The van der Waals surface area contributed by atoms with Gasteiger partial charge in [-0.25, -0.2) is 4.98 Å². The van der Waals surface area contributed by atoms with Crippen molar-refractivity contribution in [1.82, 2.24) is 9.55 Å². The molecule has 0 bridgehead atoms. The van der Waals surface area contributed by atoms with Crippen molar-refractivity contribution in [3.63, 3.8) is 0 Å². The van der Waals surface area contributed by atoms with Crippen molar-refractivity contribution in [2.45, 2.75) is 31.7 Å². The molecule has 4 heteroatoms. The normalized spacial score (nSPS) is 26.5. The highest BCUT2D eigenvalue weighted by molar-refractivity contribution is 5.27. The first-order valence-corrected chi connectivity index (χ1v) is 5.75. The van der Waals surface area contributed by atoms with Crippen LogP contribution in [0.5, 0.6) is 0 Å². The van der Waals surface area contributed by atoms with Crippen molar-refractivity contribution in [2.75, 3.05) is 11.9 Å². The monoisotopic (exact) mass is 208 g/mol. The van der Waals surface area contributed by atoms with Gasteiger partial charge in [-0.05, 0) is 25.3 Å². The van der Waals surface area contributed by atoms with E-state index in [0.717, 1.165) is 12.5 Å². The molecule has 1 aliphatic rings. The Hall–Kier alpha value is -1.03. The molecule has 0 aliphatic heterocycles. The molecule has 1 aromatic rings. The molecule has 1 aliphatic carbocycles. The maximum Gasteiger partial charge on any atom is 0.202 e. The molecule has 0 spiro atoms. The minimum Gasteiger partial charge on any atom is -0.353 e. The van der Waals surface area contributed by atoms with E-state index in [1.807, 2.05) is 24.0 Å². The molecule has 0 amide bonds. The van der Waals surface area contributed by atoms with E-state index >= 15 is 0 Å². The molecular formula is C11H20N4. The van der Waals surface area contributed by atoms with Gasteiger partial charge in [0, 0.05) is 25.5 Å². The number of anilines is 1. The van der Waals surface area contributed by atoms with Crippen LogP contribution in [-0.2, 0) is 7.05 Å². The lowest BCUT2D eigenvalue weighted by atomic mass is 9.84. The Morgan fingerprint density at radius 2 is 2.33 bits per heavy atom. The van der Waals surface area contributed by atoms with Gasteiger partial charge in [0.25, 0.3) is 0 Å². The molecule has 0 radical (unpaired) electrons. The molecule has 3 N–H and O–H groups in total. The van der Waals surface area contributed by atoms with Crippen LogP contribution >= 0.6 is 0 Å². The number of nitrogens with zero attached hydrogens (tertiary/aromatic N) is 2. The number of hydrogen-bond donors (Lipinski definition) is 2. The number of nitrogens with two attached hydrogens (primary N) is 1. The van der Waals surface area contributed by atoms with Gasteiger partial charge in [0.15, 0.2) is 0 Å². The summed E-state index contributed by atoms with van der Waals surface area (Å²) in [5, 5.41) is 3.50. The zero-order valence-corrected chi connectivity index (χ0v) is 9.32. The van der Waals surface area contributed by atoms with E-state index in [-0.39, 0.29) is 0 Å². The Kier molecular flexibility index (Phi) is 3.26. The van der Waals surface area contributed by atoms with Crippen LogP contribution in [-0.4, -0.2) is 22.1 Å². The van der Waals surface area contributed by atoms with Crippen molar-refractivity contribution in [3.05, 3.63) is 12.4 Å². The fraction of sp³-hybridized carbons (Fsp3) is 0.727. The van der Waals surface area contributed by atoms with Crippen molar-refractivity contribution < 1.29 is 0 Å². The smallest absolute Gasteiger partial charge is 0.202 e. The number of rotatable bonds is 3. The molecule has 15 heavy (non-hydrogen) atoms. The average Bonchev–Trinajstić information content (AvgIpc) is 2.65. The summed E-state index contributed by atoms with van der Waals surface area (Å²) in [6.07, 6.45) is 8.87. The van der Waals surface area contributed by atoms with Crippen LogP contribution < -0.4 is 11.1 Å². The summed E-state index contributed by atoms with van der Waals surface area (Å²) >= 11 is 0. The van der Waals surface area contributed by atoms with Gasteiger partial charge in [-0.2, -0.15) is 0 Å². The summed E-state index contributed by atoms with van der Waals surface area (Å²) in [6, 6.07) is 0.504. The minimum absolute atomic E-state index is 0.504. The molecule has 4 nitrogen and oxygen atoms in total. The number of imidazole rings is 1. The lowest BCUT2D eigenvalue weighted by Gasteiger charge is -2.31. The molecule has 1 heterocycles. The van der Waals surface area contributed by atoms with Gasteiger partial charge in [-0.3, -0.25) is 0 Å². The highest BCUT2D eigenvalue weighted by Crippen LogP contribution is 2.25. The predicted molar refractivity (Wildman–Crippen MR) is 61.6 cm³/mol. The van der Waals surface area contributed by atoms with E-state index < -0.39 is 0 Å². The lowest BCUT2D eigenvalue weighted by molar-refractivity contribution is 0.331. The first kappa shape index (κ1) is 10.5. The molecular weight excluding hydrogens is 188 g/mol. The van der Waals surface area contributed by atoms with E-state index in [4.69, 9.17) is 5.73 Å². The second kappa shape index (κ2) is 4.66. The van der Waals surface area contributed by atoms with Gasteiger partial charge in [-0.1, -0.05) is 12.8 Å². The molecule has 1 fully saturated rings. The van der Waals surface area contributed by atoms with Gasteiger partial charge >= 0.3 is 0 Å². The summed E-state index contributed by atoms with van der Waals surface area (Å²) < 4.78 is 2.02. The fourth-order valence-electron chi connectivity index (χ4n) is 2.35. The SMILES string of the molecule is Cn1ccnc1NC1CCCCC1CN. The Morgan fingerprint density at radius 3 is 3.00 bits per heavy atom. The Labute approximate surface area is 90.9 Å². The second-order valence-corrected chi connectivity index (χ2v) is 4.39. The molecule has 0 saturated heterocycles. The van der Waals surface area contributed by atoms with Gasteiger partial charge in [0.1, 0.15) is 0 Å². The molecule has 84 valence electrons. The van der Waals surface area contributed by atoms with E-state index in [2.05, 4.69) is 10.3 Å². The highest BCUT2D eigenvalue weighted by atomic mass is 15.2. The highest BCUT2D eigenvalue weighted by Gasteiger charge is 2.24. The van der Waals surface area contributed by atoms with Crippen molar-refractivity contribution in [1.29, 1.82) is 0 Å². The number of aryl methyl sites for hydroxylation is 1. The largest absolute Gasteiger partial charge is 0.353 e. The molecule has 2 atom stereocenters. The fourth-order valence-corrected chi connectivity index (χ4v) is 2.35. The van der Waals surface area contributed by atoms with Gasteiger partial charge in [0.05, 0.1) is 0 Å². The molecule has 0 aromatic carbocycles. The van der Waals surface area contributed by atoms with Crippen molar-refractivity contribution >= 4 is 5.95 Å². The second-order valence-electron chi connectivity index (χ2n) is 4.39. The number of nitrogens with one attached hydrogen (secondary N) is 1. The third kappa shape index (κ3) is 2.31. The van der Waals surface area contributed by atoms with E-state index in [0.29, 0.717) is 12.0 Å². The van der Waals surface area contributed by atoms with Crippen LogP contribution in [0.3, 0.4) is 0 Å². The van der Waals surface area contributed by atoms with Crippen LogP contribution in [0.1, 0.15) is 25.7 Å². The van der Waals surface area contributed by atoms with Crippen molar-refractivity contribution in [3.8, 4) is 0 Å². The standard InChI is InChI=1S/C11H20N4/c1-15-7-6-13-11(15)14-10-5-3-2-4-9(10)8-12/h6-7,9-10H,2-5,8,12H2,1H3,(H,13,14). The Bertz CT molecular complexity index is 307. The van der Waals surface area contributed by atoms with Gasteiger partial charge < -0.3 is 15.6 Å². The Morgan fingerprint density at radius 1 is 1.53 bits per heavy atom. The number of hydrogen-bond acceptors (Lipinski definition) is 3. The minimum atomic E-state index is 0.504. The quantitative estimate of drug-likeness (QED) is 0.788. The summed E-state index contributed by atoms with van der Waals surface area (Å²) in [4.78, 5) is 4.29. The van der Waals surface area contributed by atoms with Gasteiger partial charge in [0.2, 0.25) is 5.95 Å². The summed E-state index contributed by atoms with van der Waals surface area (Å²) in [7, 11) is 2.01. The first-order chi connectivity index (χ1) is 7.31. The lowest BCUT2D eigenvalue weighted by Crippen LogP contribution is -2.37. The maximum absolute atomic E-state index is 5.79. The summed E-state index contributed by atoms with van der Waals surface area (Å²) in [5.41, 5.74) is 5.79. The average molecular weight is 208 g/mol. The molecule has 2 unspecified atom stereocenters. The molecule has 2 rings (SSSR count). The number of aromatic nitrogens is 2. The summed E-state index contributed by atoms with van der Waals surface area (Å²) in [5.74, 6) is 1.57. The topological polar surface area (TPSA) is 55.9 Å². The van der Waals surface area contributed by atoms with Crippen LogP contribution in [0, 0.1) is 5.92 Å². The predicted octanol–water partition coefficient (Wildman–Crippen LogP) is 1.35. The maximum atomic E-state index is 5.79. The molecule has 1 aromatic heterocycles. The molecule has 1 saturated carbocycles. The first-order valence-electron chi connectivity index (χ1n) is 5.75. The van der Waals surface area contributed by atoms with Crippen LogP contribution in [0.2, 0.25) is 0 Å². The van der Waals surface area contributed by atoms with Crippen LogP contribution in [0.15, 0.2) is 12.4 Å². The van der Waals surface area contributed by atoms with E-state index in [1.54, 1.807) is 0 Å². The Balaban J connectivity index is 2.00. The van der Waals surface area contributed by atoms with E-state index in [9.17, 15) is 0 Å². The van der Waals surface area contributed by atoms with Crippen molar-refractivity contribution in [2.24, 2.45) is 18.7 Å². The third-order valence-electron chi connectivity index (χ3n) is 3.35. The third-order valence-corrected chi connectivity index (χ3v) is 3.35. The summed E-state index contributed by atoms with van der Waals surface area (Å²) in [6.45, 7) is 0.780. The van der Waals surface area contributed by atoms with Crippen LogP contribution in [0.25, 0.3) is 0 Å². The van der Waals surface area contributed by atoms with E-state index in [1.165, 1.54) is 25.7 Å².